The average Bonchev–Trinajstić information content (AvgIpc) is 2.83. The molecule has 0 aliphatic carbocycles. The first-order valence-corrected chi connectivity index (χ1v) is 11.3. The molecule has 0 fully saturated rings. The van der Waals surface area contributed by atoms with Gasteiger partial charge < -0.3 is 19.5 Å². The minimum absolute atomic E-state index is 0.251. The van der Waals surface area contributed by atoms with E-state index in [4.69, 9.17) is 14.2 Å². The summed E-state index contributed by atoms with van der Waals surface area (Å²) in [6.07, 6.45) is 3.92. The first-order chi connectivity index (χ1) is 15.5. The Hall–Kier alpha value is -3.02. The molecule has 0 aromatic heterocycles. The van der Waals surface area contributed by atoms with Crippen LogP contribution in [-0.2, 0) is 27.1 Å². The Morgan fingerprint density at radius 1 is 0.906 bits per heavy atom. The van der Waals surface area contributed by atoms with Crippen molar-refractivity contribution in [1.29, 1.82) is 0 Å². The Morgan fingerprint density at radius 2 is 1.59 bits per heavy atom. The highest BCUT2D eigenvalue weighted by molar-refractivity contribution is 5.85. The number of aryl methyl sites for hydroxylation is 2. The van der Waals surface area contributed by atoms with Gasteiger partial charge in [0.2, 0.25) is 0 Å². The number of hydrogen-bond donors (Lipinski definition) is 1. The highest BCUT2D eigenvalue weighted by Crippen LogP contribution is 2.22. The number of rotatable bonds is 13. The van der Waals surface area contributed by atoms with Gasteiger partial charge in [-0.25, -0.2) is 9.59 Å². The lowest BCUT2D eigenvalue weighted by atomic mass is 9.88. The highest BCUT2D eigenvalue weighted by Gasteiger charge is 2.39. The van der Waals surface area contributed by atoms with E-state index in [-0.39, 0.29) is 6.61 Å². The third-order valence-corrected chi connectivity index (χ3v) is 5.53. The first kappa shape index (κ1) is 25.2. The van der Waals surface area contributed by atoms with Crippen LogP contribution < -0.4 is 10.1 Å². The summed E-state index contributed by atoms with van der Waals surface area (Å²) in [6.45, 7) is 4.52. The number of nitrogens with one attached hydrogen (secondary N) is 1. The van der Waals surface area contributed by atoms with Crippen LogP contribution in [0.25, 0.3) is 0 Å². The number of carbonyl (C=O) groups excluding carboxylic acids is 2. The van der Waals surface area contributed by atoms with Crippen molar-refractivity contribution >= 4 is 12.1 Å². The number of ether oxygens (including phenoxy) is 3. The molecule has 1 amide bonds. The third-order valence-electron chi connectivity index (χ3n) is 5.53. The number of amides is 1. The highest BCUT2D eigenvalue weighted by atomic mass is 16.5. The van der Waals surface area contributed by atoms with Gasteiger partial charge in [0.1, 0.15) is 11.3 Å². The first-order valence-electron chi connectivity index (χ1n) is 11.3. The maximum absolute atomic E-state index is 12.6. The number of benzene rings is 2. The molecule has 2 aromatic carbocycles. The molecule has 6 nitrogen and oxygen atoms in total. The smallest absolute Gasteiger partial charge is 0.407 e. The van der Waals surface area contributed by atoms with Gasteiger partial charge in [0, 0.05) is 0 Å². The Bertz CT molecular complexity index is 822. The van der Waals surface area contributed by atoms with Gasteiger partial charge in [0.25, 0.3) is 0 Å². The van der Waals surface area contributed by atoms with Gasteiger partial charge >= 0.3 is 12.1 Å². The van der Waals surface area contributed by atoms with Crippen LogP contribution in [0.2, 0.25) is 0 Å². The minimum atomic E-state index is -1.11. The molecular weight excluding hydrogens is 406 g/mol. The molecule has 1 atom stereocenters. The summed E-state index contributed by atoms with van der Waals surface area (Å²) >= 11 is 0. The molecule has 0 saturated heterocycles. The van der Waals surface area contributed by atoms with Gasteiger partial charge in [-0.05, 0) is 68.7 Å². The van der Waals surface area contributed by atoms with Crippen LogP contribution >= 0.6 is 0 Å². The topological polar surface area (TPSA) is 73.9 Å². The van der Waals surface area contributed by atoms with E-state index in [0.29, 0.717) is 25.9 Å². The van der Waals surface area contributed by atoms with E-state index in [0.717, 1.165) is 30.6 Å². The summed E-state index contributed by atoms with van der Waals surface area (Å²) in [5.41, 5.74) is 1.29. The summed E-state index contributed by atoms with van der Waals surface area (Å²) in [5.74, 6) is 0.386. The quantitative estimate of drug-likeness (QED) is 0.346. The number of unbranched alkanes of at least 4 members (excludes halogenated alkanes) is 1. The molecule has 32 heavy (non-hydrogen) atoms. The van der Waals surface area contributed by atoms with E-state index in [2.05, 4.69) is 29.6 Å². The van der Waals surface area contributed by atoms with Crippen molar-refractivity contribution in [3.05, 3.63) is 65.7 Å². The fourth-order valence-electron chi connectivity index (χ4n) is 3.52. The minimum Gasteiger partial charge on any atom is -0.494 e. The summed E-state index contributed by atoms with van der Waals surface area (Å²) in [4.78, 5) is 24.4. The summed E-state index contributed by atoms with van der Waals surface area (Å²) in [5, 5.41) is 2.69. The summed E-state index contributed by atoms with van der Waals surface area (Å²) in [6, 6.07) is 18.3. The summed E-state index contributed by atoms with van der Waals surface area (Å²) in [7, 11) is 1.28. The molecule has 0 aliphatic rings. The van der Waals surface area contributed by atoms with Crippen LogP contribution in [0.3, 0.4) is 0 Å². The molecule has 0 aliphatic heterocycles. The SMILES string of the molecule is CCOC(=O)C(CC)(CCc1ccc(OCCCCc2ccccc2)cc1)NC(=O)OC. The predicted octanol–water partition coefficient (Wildman–Crippen LogP) is 5.09. The van der Waals surface area contributed by atoms with Crippen LogP contribution in [0.5, 0.6) is 5.75 Å². The molecule has 0 heterocycles. The Balaban J connectivity index is 1.84. The molecule has 1 unspecified atom stereocenters. The maximum Gasteiger partial charge on any atom is 0.407 e. The number of hydrogen-bond acceptors (Lipinski definition) is 5. The average molecular weight is 442 g/mol. The van der Waals surface area contributed by atoms with Crippen LogP contribution in [0.4, 0.5) is 4.79 Å². The molecule has 2 rings (SSSR count). The van der Waals surface area contributed by atoms with E-state index in [9.17, 15) is 9.59 Å². The predicted molar refractivity (Wildman–Crippen MR) is 125 cm³/mol. The van der Waals surface area contributed by atoms with Crippen molar-refractivity contribution in [1.82, 2.24) is 5.32 Å². The second kappa shape index (κ2) is 13.4. The maximum atomic E-state index is 12.6. The zero-order valence-electron chi connectivity index (χ0n) is 19.4. The molecule has 0 radical (unpaired) electrons. The Labute approximate surface area is 191 Å². The standard InChI is InChI=1S/C26H35NO5/c1-4-26(24(28)31-5-2,27-25(29)30-3)19-18-22-14-16-23(17-15-22)32-20-10-9-13-21-11-7-6-8-12-21/h6-8,11-12,14-17H,4-5,9-10,13,18-20H2,1-3H3,(H,27,29). The second-order valence-electron chi connectivity index (χ2n) is 7.71. The number of alkyl carbamates (subject to hydrolysis) is 1. The molecular formula is C26H35NO5. The van der Waals surface area contributed by atoms with Crippen LogP contribution in [0.15, 0.2) is 54.6 Å². The van der Waals surface area contributed by atoms with E-state index >= 15 is 0 Å². The summed E-state index contributed by atoms with van der Waals surface area (Å²) < 4.78 is 15.8. The molecule has 1 N–H and O–H groups in total. The third kappa shape index (κ3) is 7.91. The van der Waals surface area contributed by atoms with Crippen molar-refractivity contribution in [3.63, 3.8) is 0 Å². The zero-order valence-corrected chi connectivity index (χ0v) is 19.4. The zero-order chi connectivity index (χ0) is 23.2. The van der Waals surface area contributed by atoms with E-state index < -0.39 is 17.6 Å². The monoisotopic (exact) mass is 441 g/mol. The molecule has 0 bridgehead atoms. The number of carbonyl (C=O) groups is 2. The van der Waals surface area contributed by atoms with Crippen LogP contribution in [0, 0.1) is 0 Å². The largest absolute Gasteiger partial charge is 0.494 e. The normalized spacial score (nSPS) is 12.5. The second-order valence-corrected chi connectivity index (χ2v) is 7.71. The Kier molecular flexibility index (Phi) is 10.6. The van der Waals surface area contributed by atoms with Gasteiger partial charge in [-0.2, -0.15) is 0 Å². The van der Waals surface area contributed by atoms with Gasteiger partial charge in [0.05, 0.1) is 20.3 Å². The van der Waals surface area contributed by atoms with Crippen molar-refractivity contribution in [3.8, 4) is 5.75 Å². The molecule has 6 heteroatoms. The van der Waals surface area contributed by atoms with Gasteiger partial charge in [-0.3, -0.25) is 0 Å². The van der Waals surface area contributed by atoms with Crippen molar-refractivity contribution < 1.29 is 23.8 Å². The van der Waals surface area contributed by atoms with Gasteiger partial charge in [-0.1, -0.05) is 49.4 Å². The van der Waals surface area contributed by atoms with Crippen LogP contribution in [0.1, 0.15) is 50.7 Å². The van der Waals surface area contributed by atoms with E-state index in [1.165, 1.54) is 12.7 Å². The molecule has 2 aromatic rings. The van der Waals surface area contributed by atoms with Crippen molar-refractivity contribution in [2.75, 3.05) is 20.3 Å². The molecule has 0 saturated carbocycles. The fourth-order valence-corrected chi connectivity index (χ4v) is 3.52. The Morgan fingerprint density at radius 3 is 2.22 bits per heavy atom. The van der Waals surface area contributed by atoms with E-state index in [1.54, 1.807) is 6.92 Å². The van der Waals surface area contributed by atoms with Gasteiger partial charge in [-0.15, -0.1) is 0 Å². The molecule has 174 valence electrons. The molecule has 0 spiro atoms. The lowest BCUT2D eigenvalue weighted by Gasteiger charge is -2.30. The fraction of sp³-hybridized carbons (Fsp3) is 0.462. The number of esters is 1. The lowest BCUT2D eigenvalue weighted by molar-refractivity contribution is -0.151. The number of methoxy groups -OCH3 is 1. The van der Waals surface area contributed by atoms with Gasteiger partial charge in [0.15, 0.2) is 0 Å². The van der Waals surface area contributed by atoms with Crippen molar-refractivity contribution in [2.24, 2.45) is 0 Å². The lowest BCUT2D eigenvalue weighted by Crippen LogP contribution is -2.55. The van der Waals surface area contributed by atoms with E-state index in [1.807, 2.05) is 37.3 Å². The van der Waals surface area contributed by atoms with Crippen LogP contribution in [-0.4, -0.2) is 37.9 Å². The van der Waals surface area contributed by atoms with Crippen molar-refractivity contribution in [2.45, 2.75) is 57.9 Å².